The van der Waals surface area contributed by atoms with Crippen LogP contribution in [0.4, 0.5) is 0 Å². The van der Waals surface area contributed by atoms with E-state index in [1.807, 2.05) is 63.0 Å². The van der Waals surface area contributed by atoms with E-state index in [0.29, 0.717) is 29.9 Å². The second-order valence-corrected chi connectivity index (χ2v) is 7.41. The minimum absolute atomic E-state index is 0.516. The van der Waals surface area contributed by atoms with Crippen LogP contribution in [0.5, 0.6) is 5.75 Å². The van der Waals surface area contributed by atoms with Crippen molar-refractivity contribution >= 4 is 29.2 Å². The Hall–Kier alpha value is -1.89. The van der Waals surface area contributed by atoms with Crippen LogP contribution in [0.1, 0.15) is 18.2 Å². The number of hydrogen-bond donors (Lipinski definition) is 2. The summed E-state index contributed by atoms with van der Waals surface area (Å²) in [6.45, 7) is 5.38. The lowest BCUT2D eigenvalue weighted by atomic mass is 10.2. The van der Waals surface area contributed by atoms with Gasteiger partial charge in [-0.25, -0.2) is 4.99 Å². The van der Waals surface area contributed by atoms with Gasteiger partial charge in [-0.05, 0) is 33.2 Å². The molecule has 1 heterocycles. The number of nitrogens with one attached hydrogen (secondary N) is 2. The molecule has 28 heavy (non-hydrogen) atoms. The molecule has 2 rings (SSSR count). The highest BCUT2D eigenvalue weighted by Crippen LogP contribution is 2.25. The third kappa shape index (κ3) is 6.62. The molecule has 0 aliphatic carbocycles. The number of halogens is 2. The summed E-state index contributed by atoms with van der Waals surface area (Å²) in [6.07, 6.45) is 0. The Morgan fingerprint density at radius 2 is 1.96 bits per heavy atom. The smallest absolute Gasteiger partial charge is 0.191 e. The number of likely N-dealkylation sites (N-methyl/N-ethyl adjacent to an activating group) is 1. The summed E-state index contributed by atoms with van der Waals surface area (Å²) in [5.41, 5.74) is 2.02. The van der Waals surface area contributed by atoms with E-state index in [4.69, 9.17) is 32.9 Å². The van der Waals surface area contributed by atoms with Crippen LogP contribution in [0.25, 0.3) is 0 Å². The molecule has 0 radical (unpaired) electrons. The average molecular weight is 426 g/mol. The first-order valence-corrected chi connectivity index (χ1v) is 10.0. The van der Waals surface area contributed by atoms with Crippen molar-refractivity contribution < 1.29 is 4.74 Å². The van der Waals surface area contributed by atoms with Crippen molar-refractivity contribution in [2.24, 2.45) is 12.0 Å². The van der Waals surface area contributed by atoms with Gasteiger partial charge in [0.2, 0.25) is 0 Å². The highest BCUT2D eigenvalue weighted by Gasteiger charge is 2.09. The van der Waals surface area contributed by atoms with E-state index in [-0.39, 0.29) is 0 Å². The Labute approximate surface area is 177 Å². The van der Waals surface area contributed by atoms with Crippen molar-refractivity contribution in [1.29, 1.82) is 0 Å². The second-order valence-electron chi connectivity index (χ2n) is 6.64. The fourth-order valence-corrected chi connectivity index (χ4v) is 2.97. The molecule has 0 amide bonds. The number of rotatable bonds is 9. The van der Waals surface area contributed by atoms with E-state index in [0.717, 1.165) is 36.1 Å². The van der Waals surface area contributed by atoms with Crippen LogP contribution < -0.4 is 15.4 Å². The second kappa shape index (κ2) is 11.2. The molecule has 0 fully saturated rings. The van der Waals surface area contributed by atoms with Crippen molar-refractivity contribution in [3.8, 4) is 5.75 Å². The first-order valence-electron chi connectivity index (χ1n) is 9.29. The standard InChI is InChI=1S/C20H29Cl2N5O/c1-5-23-20(25-14-16-12-17(21)19(22)27(16)4)24-13-15-8-6-7-9-18(15)28-11-10-26(2)3/h6-9,12H,5,10-11,13-14H2,1-4H3,(H2,23,24,25). The molecular weight excluding hydrogens is 397 g/mol. The van der Waals surface area contributed by atoms with Crippen molar-refractivity contribution in [2.45, 2.75) is 20.0 Å². The van der Waals surface area contributed by atoms with E-state index in [2.05, 4.69) is 15.5 Å². The number of aromatic nitrogens is 1. The third-order valence-corrected chi connectivity index (χ3v) is 5.02. The Bertz CT molecular complexity index is 789. The molecule has 6 nitrogen and oxygen atoms in total. The molecular formula is C20H29Cl2N5O. The normalized spacial score (nSPS) is 11.8. The number of ether oxygens (including phenoxy) is 1. The maximum atomic E-state index is 6.14. The molecule has 2 aromatic rings. The maximum absolute atomic E-state index is 6.14. The van der Waals surface area contributed by atoms with Gasteiger partial charge in [0.25, 0.3) is 0 Å². The van der Waals surface area contributed by atoms with E-state index < -0.39 is 0 Å². The molecule has 8 heteroatoms. The highest BCUT2D eigenvalue weighted by molar-refractivity contribution is 6.41. The van der Waals surface area contributed by atoms with Crippen LogP contribution in [0.15, 0.2) is 35.3 Å². The van der Waals surface area contributed by atoms with Crippen LogP contribution in [0, 0.1) is 0 Å². The number of benzene rings is 1. The Balaban J connectivity index is 2.03. The van der Waals surface area contributed by atoms with Crippen molar-refractivity contribution in [2.75, 3.05) is 33.8 Å². The Morgan fingerprint density at radius 3 is 2.61 bits per heavy atom. The third-order valence-electron chi connectivity index (χ3n) is 4.17. The number of aliphatic imine (C=N–C) groups is 1. The van der Waals surface area contributed by atoms with E-state index in [9.17, 15) is 0 Å². The lowest BCUT2D eigenvalue weighted by Gasteiger charge is -2.14. The quantitative estimate of drug-likeness (QED) is 0.476. The molecule has 2 N–H and O–H groups in total. The number of para-hydroxylation sites is 1. The minimum atomic E-state index is 0.516. The SMILES string of the molecule is CCNC(=NCc1ccccc1OCCN(C)C)NCc1cc(Cl)c(Cl)n1C. The van der Waals surface area contributed by atoms with Gasteiger partial charge in [-0.1, -0.05) is 41.4 Å². The van der Waals surface area contributed by atoms with Gasteiger partial charge in [0.1, 0.15) is 17.5 Å². The van der Waals surface area contributed by atoms with E-state index in [1.54, 1.807) is 0 Å². The molecule has 0 aliphatic rings. The van der Waals surface area contributed by atoms with Crippen LogP contribution in [0.3, 0.4) is 0 Å². The molecule has 154 valence electrons. The van der Waals surface area contributed by atoms with Gasteiger partial charge >= 0.3 is 0 Å². The summed E-state index contributed by atoms with van der Waals surface area (Å²) >= 11 is 12.2. The van der Waals surface area contributed by atoms with Crippen molar-refractivity contribution in [3.05, 3.63) is 51.8 Å². The predicted octanol–water partition coefficient (Wildman–Crippen LogP) is 3.53. The highest BCUT2D eigenvalue weighted by atomic mass is 35.5. The number of hydrogen-bond acceptors (Lipinski definition) is 3. The zero-order valence-corrected chi connectivity index (χ0v) is 18.4. The predicted molar refractivity (Wildman–Crippen MR) is 118 cm³/mol. The fourth-order valence-electron chi connectivity index (χ4n) is 2.55. The van der Waals surface area contributed by atoms with Crippen LogP contribution in [0.2, 0.25) is 10.2 Å². The van der Waals surface area contributed by atoms with Gasteiger partial charge in [-0.2, -0.15) is 0 Å². The Kier molecular flexibility index (Phi) is 8.96. The average Bonchev–Trinajstić information content (AvgIpc) is 2.91. The van der Waals surface area contributed by atoms with E-state index >= 15 is 0 Å². The number of nitrogens with zero attached hydrogens (tertiary/aromatic N) is 3. The molecule has 0 saturated carbocycles. The Morgan fingerprint density at radius 1 is 1.21 bits per heavy atom. The van der Waals surface area contributed by atoms with Gasteiger partial charge in [0, 0.05) is 31.4 Å². The number of guanidine groups is 1. The summed E-state index contributed by atoms with van der Waals surface area (Å²) in [5.74, 6) is 1.59. The monoisotopic (exact) mass is 425 g/mol. The minimum Gasteiger partial charge on any atom is -0.492 e. The molecule has 1 aromatic heterocycles. The zero-order chi connectivity index (χ0) is 20.5. The summed E-state index contributed by atoms with van der Waals surface area (Å²) in [4.78, 5) is 6.78. The summed E-state index contributed by atoms with van der Waals surface area (Å²) in [5, 5.41) is 7.66. The fraction of sp³-hybridized carbons (Fsp3) is 0.450. The zero-order valence-electron chi connectivity index (χ0n) is 16.9. The summed E-state index contributed by atoms with van der Waals surface area (Å²) in [7, 11) is 5.94. The lowest BCUT2D eigenvalue weighted by molar-refractivity contribution is 0.259. The first-order chi connectivity index (χ1) is 13.4. The van der Waals surface area contributed by atoms with Gasteiger partial charge in [-0.3, -0.25) is 0 Å². The molecule has 1 aromatic carbocycles. The summed E-state index contributed by atoms with van der Waals surface area (Å²) in [6, 6.07) is 9.85. The first kappa shape index (κ1) is 22.4. The van der Waals surface area contributed by atoms with Crippen LogP contribution in [-0.2, 0) is 20.1 Å². The molecule has 0 saturated heterocycles. The van der Waals surface area contributed by atoms with Gasteiger partial charge in [0.05, 0.1) is 18.1 Å². The molecule has 0 unspecified atom stereocenters. The molecule has 0 aliphatic heterocycles. The largest absolute Gasteiger partial charge is 0.492 e. The van der Waals surface area contributed by atoms with Gasteiger partial charge in [0.15, 0.2) is 5.96 Å². The lowest BCUT2D eigenvalue weighted by Crippen LogP contribution is -2.37. The summed E-state index contributed by atoms with van der Waals surface area (Å²) < 4.78 is 7.77. The van der Waals surface area contributed by atoms with Crippen LogP contribution >= 0.6 is 23.2 Å². The van der Waals surface area contributed by atoms with Crippen molar-refractivity contribution in [1.82, 2.24) is 20.1 Å². The molecule has 0 spiro atoms. The molecule has 0 atom stereocenters. The van der Waals surface area contributed by atoms with Crippen LogP contribution in [-0.4, -0.2) is 49.2 Å². The topological polar surface area (TPSA) is 53.8 Å². The molecule has 0 bridgehead atoms. The van der Waals surface area contributed by atoms with Gasteiger partial charge < -0.3 is 24.8 Å². The van der Waals surface area contributed by atoms with Gasteiger partial charge in [-0.15, -0.1) is 0 Å². The maximum Gasteiger partial charge on any atom is 0.191 e. The van der Waals surface area contributed by atoms with Crippen molar-refractivity contribution in [3.63, 3.8) is 0 Å². The van der Waals surface area contributed by atoms with E-state index in [1.165, 1.54) is 0 Å².